The van der Waals surface area contributed by atoms with E-state index in [4.69, 9.17) is 11.6 Å². The molecule has 0 atom stereocenters. The van der Waals surface area contributed by atoms with Gasteiger partial charge in [0.2, 0.25) is 0 Å². The highest BCUT2D eigenvalue weighted by molar-refractivity contribution is 7.98. The summed E-state index contributed by atoms with van der Waals surface area (Å²) in [4.78, 5) is 30.7. The highest BCUT2D eigenvalue weighted by Crippen LogP contribution is 2.32. The fourth-order valence-corrected chi connectivity index (χ4v) is 3.92. The zero-order chi connectivity index (χ0) is 22.5. The molecule has 0 radical (unpaired) electrons. The van der Waals surface area contributed by atoms with Crippen molar-refractivity contribution < 1.29 is 0 Å². The summed E-state index contributed by atoms with van der Waals surface area (Å²) in [7, 11) is 0. The van der Waals surface area contributed by atoms with Crippen molar-refractivity contribution in [3.63, 3.8) is 0 Å². The van der Waals surface area contributed by atoms with Gasteiger partial charge in [-0.3, -0.25) is 19.3 Å². The van der Waals surface area contributed by atoms with Crippen molar-refractivity contribution in [3.8, 4) is 22.4 Å². The predicted molar refractivity (Wildman–Crippen MR) is 129 cm³/mol. The van der Waals surface area contributed by atoms with E-state index in [0.717, 1.165) is 22.3 Å². The quantitative estimate of drug-likeness (QED) is 0.294. The Morgan fingerprint density at radius 2 is 1.81 bits per heavy atom. The van der Waals surface area contributed by atoms with E-state index in [1.165, 1.54) is 11.8 Å². The first-order chi connectivity index (χ1) is 15.0. The molecule has 4 rings (SSSR count). The third-order valence-electron chi connectivity index (χ3n) is 4.72. The molecule has 0 aliphatic carbocycles. The first-order valence-electron chi connectivity index (χ1n) is 10.1. The Balaban J connectivity index is 0.00000132. The van der Waals surface area contributed by atoms with E-state index < -0.39 is 0 Å². The lowest BCUT2D eigenvalue weighted by molar-refractivity contribution is 0.743. The summed E-state index contributed by atoms with van der Waals surface area (Å²) in [6, 6.07) is 7.39. The van der Waals surface area contributed by atoms with Crippen molar-refractivity contribution in [3.05, 3.63) is 63.9 Å². The fraction of sp³-hybridized carbons (Fsp3) is 0.261. The highest BCUT2D eigenvalue weighted by Gasteiger charge is 2.16. The van der Waals surface area contributed by atoms with E-state index in [1.807, 2.05) is 58.2 Å². The summed E-state index contributed by atoms with van der Waals surface area (Å²) in [5.41, 5.74) is 4.13. The van der Waals surface area contributed by atoms with Crippen molar-refractivity contribution in [1.29, 1.82) is 0 Å². The third kappa shape index (κ3) is 4.48. The van der Waals surface area contributed by atoms with Gasteiger partial charge in [0.05, 0.1) is 11.4 Å². The van der Waals surface area contributed by atoms with Crippen LogP contribution in [0.15, 0.2) is 52.8 Å². The van der Waals surface area contributed by atoms with E-state index in [2.05, 4.69) is 19.9 Å². The Morgan fingerprint density at radius 3 is 2.45 bits per heavy atom. The number of fused-ring (bicyclic) bond motifs is 1. The van der Waals surface area contributed by atoms with E-state index in [0.29, 0.717) is 33.5 Å². The van der Waals surface area contributed by atoms with Gasteiger partial charge in [-0.1, -0.05) is 49.3 Å². The molecule has 4 aromatic rings. The number of hydrogen-bond acceptors (Lipinski definition) is 6. The SMILES string of the molecule is CC.CCn1c(=O)c(-c2ccc(-c3nccnc3C)cc2Cl)cc2cnc(SC)nc21. The minimum atomic E-state index is -0.129. The van der Waals surface area contributed by atoms with E-state index >= 15 is 0 Å². The van der Waals surface area contributed by atoms with Gasteiger partial charge in [0, 0.05) is 52.2 Å². The minimum absolute atomic E-state index is 0.129. The van der Waals surface area contributed by atoms with Gasteiger partial charge in [-0.05, 0) is 32.2 Å². The lowest BCUT2D eigenvalue weighted by Crippen LogP contribution is -2.22. The van der Waals surface area contributed by atoms with Gasteiger partial charge in [0.15, 0.2) is 5.16 Å². The maximum absolute atomic E-state index is 13.2. The Labute approximate surface area is 190 Å². The number of aromatic nitrogens is 5. The molecule has 8 heteroatoms. The maximum Gasteiger partial charge on any atom is 0.260 e. The fourth-order valence-electron chi connectivity index (χ4n) is 3.30. The van der Waals surface area contributed by atoms with Crippen LogP contribution in [0.5, 0.6) is 0 Å². The zero-order valence-electron chi connectivity index (χ0n) is 18.2. The first kappa shape index (κ1) is 22.9. The second-order valence-electron chi connectivity index (χ2n) is 6.43. The van der Waals surface area contributed by atoms with Crippen molar-refractivity contribution in [1.82, 2.24) is 24.5 Å². The molecule has 6 nitrogen and oxygen atoms in total. The Bertz CT molecular complexity index is 1290. The lowest BCUT2D eigenvalue weighted by atomic mass is 10.0. The first-order valence-corrected chi connectivity index (χ1v) is 11.7. The van der Waals surface area contributed by atoms with Crippen LogP contribution in [0.4, 0.5) is 0 Å². The monoisotopic (exact) mass is 453 g/mol. The topological polar surface area (TPSA) is 73.6 Å². The summed E-state index contributed by atoms with van der Waals surface area (Å²) in [5, 5.41) is 1.91. The molecule has 0 aliphatic heterocycles. The van der Waals surface area contributed by atoms with Gasteiger partial charge in [-0.2, -0.15) is 0 Å². The van der Waals surface area contributed by atoms with Gasteiger partial charge in [-0.15, -0.1) is 0 Å². The number of pyridine rings is 1. The second kappa shape index (κ2) is 10.0. The van der Waals surface area contributed by atoms with Crippen LogP contribution in [0.2, 0.25) is 5.02 Å². The molecule has 3 heterocycles. The molecular weight excluding hydrogens is 430 g/mol. The van der Waals surface area contributed by atoms with Gasteiger partial charge >= 0.3 is 0 Å². The van der Waals surface area contributed by atoms with Crippen molar-refractivity contribution >= 4 is 34.4 Å². The summed E-state index contributed by atoms with van der Waals surface area (Å²) < 4.78 is 1.66. The number of benzene rings is 1. The van der Waals surface area contributed by atoms with E-state index in [1.54, 1.807) is 23.2 Å². The smallest absolute Gasteiger partial charge is 0.260 e. The Kier molecular flexibility index (Phi) is 7.41. The second-order valence-corrected chi connectivity index (χ2v) is 7.61. The average Bonchev–Trinajstić information content (AvgIpc) is 2.80. The largest absolute Gasteiger partial charge is 0.292 e. The molecule has 0 saturated heterocycles. The van der Waals surface area contributed by atoms with Crippen LogP contribution in [0.3, 0.4) is 0 Å². The maximum atomic E-state index is 13.2. The van der Waals surface area contributed by atoms with Gasteiger partial charge < -0.3 is 0 Å². The number of rotatable bonds is 4. The molecule has 31 heavy (non-hydrogen) atoms. The van der Waals surface area contributed by atoms with Crippen molar-refractivity contribution in [2.75, 3.05) is 6.26 Å². The van der Waals surface area contributed by atoms with Crippen molar-refractivity contribution in [2.24, 2.45) is 0 Å². The van der Waals surface area contributed by atoms with Crippen LogP contribution in [0.1, 0.15) is 26.5 Å². The normalized spacial score (nSPS) is 10.6. The van der Waals surface area contributed by atoms with Crippen molar-refractivity contribution in [2.45, 2.75) is 39.4 Å². The van der Waals surface area contributed by atoms with Gasteiger partial charge in [-0.25, -0.2) is 9.97 Å². The van der Waals surface area contributed by atoms with Crippen LogP contribution in [-0.2, 0) is 6.54 Å². The standard InChI is InChI=1S/C21H18ClN5OS.C2H6/c1-4-27-19-14(11-25-21(26-19)29-3)9-16(20(27)28)15-6-5-13(10-17(15)22)18-12(2)23-7-8-24-18;1-2/h5-11H,4H2,1-3H3;1-2H3. The Morgan fingerprint density at radius 1 is 1.06 bits per heavy atom. The molecule has 0 bridgehead atoms. The number of thioether (sulfide) groups is 1. The molecule has 0 N–H and O–H groups in total. The molecule has 0 spiro atoms. The van der Waals surface area contributed by atoms with E-state index in [-0.39, 0.29) is 5.56 Å². The number of aryl methyl sites for hydroxylation is 2. The van der Waals surface area contributed by atoms with Crippen LogP contribution < -0.4 is 5.56 Å². The molecule has 160 valence electrons. The molecule has 0 amide bonds. The number of nitrogens with zero attached hydrogens (tertiary/aromatic N) is 5. The lowest BCUT2D eigenvalue weighted by Gasteiger charge is -2.13. The molecule has 0 saturated carbocycles. The molecule has 3 aromatic heterocycles. The Hall–Kier alpha value is -2.77. The van der Waals surface area contributed by atoms with Crippen LogP contribution in [-0.4, -0.2) is 30.8 Å². The molecule has 0 aliphatic rings. The molecule has 1 aromatic carbocycles. The molecule has 0 fully saturated rings. The summed E-state index contributed by atoms with van der Waals surface area (Å²) in [6.07, 6.45) is 6.95. The summed E-state index contributed by atoms with van der Waals surface area (Å²) in [5.74, 6) is 0. The van der Waals surface area contributed by atoms with Crippen LogP contribution >= 0.6 is 23.4 Å². The average molecular weight is 454 g/mol. The predicted octanol–water partition coefficient (Wildman–Crippen LogP) is 5.65. The third-order valence-corrected chi connectivity index (χ3v) is 5.59. The van der Waals surface area contributed by atoms with E-state index in [9.17, 15) is 4.79 Å². The number of hydrogen-bond donors (Lipinski definition) is 0. The summed E-state index contributed by atoms with van der Waals surface area (Å²) in [6.45, 7) is 8.33. The van der Waals surface area contributed by atoms with Gasteiger partial charge in [0.1, 0.15) is 5.65 Å². The molecule has 0 unspecified atom stereocenters. The van der Waals surface area contributed by atoms with Crippen LogP contribution in [0.25, 0.3) is 33.4 Å². The highest BCUT2D eigenvalue weighted by atomic mass is 35.5. The number of halogens is 1. The van der Waals surface area contributed by atoms with Gasteiger partial charge in [0.25, 0.3) is 5.56 Å². The minimum Gasteiger partial charge on any atom is -0.292 e. The zero-order valence-corrected chi connectivity index (χ0v) is 19.8. The summed E-state index contributed by atoms with van der Waals surface area (Å²) >= 11 is 8.04. The van der Waals surface area contributed by atoms with Crippen LogP contribution in [0, 0.1) is 6.92 Å². The molecular formula is C23H24ClN5OS.